The van der Waals surface area contributed by atoms with Crippen LogP contribution in [0.4, 0.5) is 0 Å². The lowest BCUT2D eigenvalue weighted by Gasteiger charge is -2.19. The third-order valence-corrected chi connectivity index (χ3v) is 4.99. The van der Waals surface area contributed by atoms with Crippen LogP contribution < -0.4 is 0 Å². The van der Waals surface area contributed by atoms with Crippen molar-refractivity contribution in [2.45, 2.75) is 105 Å². The minimum Gasteiger partial charge on any atom is -0.0654 e. The number of aryl methyl sites for hydroxylation is 2. The summed E-state index contributed by atoms with van der Waals surface area (Å²) in [5, 5.41) is 0. The van der Waals surface area contributed by atoms with Gasteiger partial charge in [0.15, 0.2) is 0 Å². The maximum Gasteiger partial charge on any atom is -0.0188 e. The number of hydrogen-bond donors (Lipinski definition) is 0. The van der Waals surface area contributed by atoms with Gasteiger partial charge in [-0.25, -0.2) is 0 Å². The molecule has 126 valence electrons. The zero-order valence-corrected chi connectivity index (χ0v) is 15.8. The monoisotopic (exact) mass is 302 g/mol. The maximum atomic E-state index is 2.52. The van der Waals surface area contributed by atoms with Crippen molar-refractivity contribution >= 4 is 0 Å². The second kappa shape index (κ2) is 10.9. The predicted octanol–water partition coefficient (Wildman–Crippen LogP) is 7.36. The average molecular weight is 303 g/mol. The van der Waals surface area contributed by atoms with Gasteiger partial charge in [0.05, 0.1) is 0 Å². The molecule has 0 nitrogen and oxygen atoms in total. The van der Waals surface area contributed by atoms with Crippen molar-refractivity contribution in [3.63, 3.8) is 0 Å². The van der Waals surface area contributed by atoms with Crippen LogP contribution in [0.5, 0.6) is 0 Å². The molecule has 0 radical (unpaired) electrons. The van der Waals surface area contributed by atoms with Crippen molar-refractivity contribution < 1.29 is 0 Å². The minimum atomic E-state index is 0.709. The van der Waals surface area contributed by atoms with Gasteiger partial charge in [-0.15, -0.1) is 0 Å². The van der Waals surface area contributed by atoms with Gasteiger partial charge in [-0.05, 0) is 67.2 Å². The third kappa shape index (κ3) is 6.15. The molecule has 1 rings (SSSR count). The van der Waals surface area contributed by atoms with E-state index in [-0.39, 0.29) is 0 Å². The molecule has 22 heavy (non-hydrogen) atoms. The Morgan fingerprint density at radius 1 is 0.818 bits per heavy atom. The zero-order valence-electron chi connectivity index (χ0n) is 15.8. The predicted molar refractivity (Wildman–Crippen MR) is 101 cm³/mol. The molecule has 1 aromatic carbocycles. The van der Waals surface area contributed by atoms with E-state index in [1.54, 1.807) is 22.3 Å². The van der Waals surface area contributed by atoms with Gasteiger partial charge in [0, 0.05) is 0 Å². The number of rotatable bonds is 11. The summed E-state index contributed by atoms with van der Waals surface area (Å²) >= 11 is 0. The molecule has 0 aliphatic heterocycles. The molecular weight excluding hydrogens is 264 g/mol. The van der Waals surface area contributed by atoms with E-state index in [2.05, 4.69) is 46.8 Å². The van der Waals surface area contributed by atoms with Crippen molar-refractivity contribution in [1.29, 1.82) is 0 Å². The summed E-state index contributed by atoms with van der Waals surface area (Å²) in [7, 11) is 0. The first-order valence-electron chi connectivity index (χ1n) is 9.76. The van der Waals surface area contributed by atoms with Gasteiger partial charge in [0.2, 0.25) is 0 Å². The van der Waals surface area contributed by atoms with Gasteiger partial charge in [-0.1, -0.05) is 71.9 Å². The molecule has 0 heterocycles. The van der Waals surface area contributed by atoms with Gasteiger partial charge in [-0.3, -0.25) is 0 Å². The molecule has 0 aromatic heterocycles. The average Bonchev–Trinajstić information content (AvgIpc) is 2.50. The van der Waals surface area contributed by atoms with E-state index >= 15 is 0 Å². The lowest BCUT2D eigenvalue weighted by atomic mass is 9.86. The summed E-state index contributed by atoms with van der Waals surface area (Å²) in [6.45, 7) is 11.7. The Morgan fingerprint density at radius 3 is 2.05 bits per heavy atom. The Kier molecular flexibility index (Phi) is 9.52. The van der Waals surface area contributed by atoms with E-state index in [1.165, 1.54) is 64.2 Å². The number of unbranched alkanes of at least 4 members (excludes halogenated alkanes) is 4. The first-order valence-corrected chi connectivity index (χ1v) is 9.76. The van der Waals surface area contributed by atoms with Crippen LogP contribution in [0, 0.1) is 6.92 Å². The Bertz CT molecular complexity index is 416. The lowest BCUT2D eigenvalue weighted by Crippen LogP contribution is -2.03. The summed E-state index contributed by atoms with van der Waals surface area (Å²) < 4.78 is 0. The maximum absolute atomic E-state index is 2.52. The van der Waals surface area contributed by atoms with Crippen LogP contribution in [0.2, 0.25) is 0 Å². The highest BCUT2D eigenvalue weighted by atomic mass is 14.2. The summed E-state index contributed by atoms with van der Waals surface area (Å²) in [5.41, 5.74) is 6.42. The van der Waals surface area contributed by atoms with Gasteiger partial charge in [0.1, 0.15) is 0 Å². The van der Waals surface area contributed by atoms with Crippen molar-refractivity contribution in [3.8, 4) is 0 Å². The van der Waals surface area contributed by atoms with Gasteiger partial charge in [0.25, 0.3) is 0 Å². The summed E-state index contributed by atoms with van der Waals surface area (Å²) in [4.78, 5) is 0. The lowest BCUT2D eigenvalue weighted by molar-refractivity contribution is 0.654. The zero-order chi connectivity index (χ0) is 16.4. The summed E-state index contributed by atoms with van der Waals surface area (Å²) in [6, 6.07) is 5.04. The fraction of sp³-hybridized carbons (Fsp3) is 0.727. The van der Waals surface area contributed by atoms with Gasteiger partial charge < -0.3 is 0 Å². The second-order valence-electron chi connectivity index (χ2n) is 7.07. The molecule has 0 bridgehead atoms. The molecular formula is C22H38. The molecule has 0 saturated carbocycles. The van der Waals surface area contributed by atoms with Crippen LogP contribution in [0.1, 0.15) is 107 Å². The smallest absolute Gasteiger partial charge is 0.0188 e. The molecule has 1 aromatic rings. The van der Waals surface area contributed by atoms with Crippen LogP contribution in [0.15, 0.2) is 12.1 Å². The molecule has 1 atom stereocenters. The standard InChI is InChI=1S/C22H38/c1-6-9-11-14-20-16-21(15-12-10-7-2)19(5)22(17-20)18(4)13-8-3/h16-18H,6-15H2,1-5H3. The van der Waals surface area contributed by atoms with Crippen LogP contribution in [-0.4, -0.2) is 0 Å². The second-order valence-corrected chi connectivity index (χ2v) is 7.07. The van der Waals surface area contributed by atoms with Crippen molar-refractivity contribution in [3.05, 3.63) is 34.4 Å². The van der Waals surface area contributed by atoms with E-state index < -0.39 is 0 Å². The molecule has 0 N–H and O–H groups in total. The Hall–Kier alpha value is -0.780. The fourth-order valence-corrected chi connectivity index (χ4v) is 3.52. The first-order chi connectivity index (χ1) is 10.6. The first kappa shape index (κ1) is 19.3. The van der Waals surface area contributed by atoms with Crippen LogP contribution >= 0.6 is 0 Å². The normalized spacial score (nSPS) is 12.6. The van der Waals surface area contributed by atoms with E-state index in [0.29, 0.717) is 5.92 Å². The largest absolute Gasteiger partial charge is 0.0654 e. The number of benzene rings is 1. The minimum absolute atomic E-state index is 0.709. The van der Waals surface area contributed by atoms with Gasteiger partial charge in [-0.2, -0.15) is 0 Å². The van der Waals surface area contributed by atoms with E-state index in [1.807, 2.05) is 0 Å². The van der Waals surface area contributed by atoms with Crippen molar-refractivity contribution in [1.82, 2.24) is 0 Å². The Labute approximate surface area is 139 Å². The molecule has 0 aliphatic carbocycles. The van der Waals surface area contributed by atoms with E-state index in [4.69, 9.17) is 0 Å². The topological polar surface area (TPSA) is 0 Å². The highest BCUT2D eigenvalue weighted by molar-refractivity contribution is 5.40. The summed E-state index contributed by atoms with van der Waals surface area (Å²) in [5.74, 6) is 0.709. The molecule has 0 saturated heterocycles. The highest BCUT2D eigenvalue weighted by Crippen LogP contribution is 2.29. The SMILES string of the molecule is CCCCCc1cc(CCCCC)c(C)c(C(C)CCC)c1. The van der Waals surface area contributed by atoms with E-state index in [0.717, 1.165) is 0 Å². The van der Waals surface area contributed by atoms with Crippen LogP contribution in [0.3, 0.4) is 0 Å². The van der Waals surface area contributed by atoms with Crippen molar-refractivity contribution in [2.24, 2.45) is 0 Å². The molecule has 0 fully saturated rings. The Balaban J connectivity index is 2.96. The quantitative estimate of drug-likeness (QED) is 0.374. The highest BCUT2D eigenvalue weighted by Gasteiger charge is 2.12. The molecule has 1 unspecified atom stereocenters. The Morgan fingerprint density at radius 2 is 1.45 bits per heavy atom. The summed E-state index contributed by atoms with van der Waals surface area (Å²) in [6.07, 6.45) is 13.2. The molecule has 0 heteroatoms. The van der Waals surface area contributed by atoms with Crippen LogP contribution in [0.25, 0.3) is 0 Å². The van der Waals surface area contributed by atoms with Gasteiger partial charge >= 0.3 is 0 Å². The van der Waals surface area contributed by atoms with Crippen molar-refractivity contribution in [2.75, 3.05) is 0 Å². The molecule has 0 aliphatic rings. The van der Waals surface area contributed by atoms with Crippen LogP contribution in [-0.2, 0) is 12.8 Å². The third-order valence-electron chi connectivity index (χ3n) is 4.99. The number of hydrogen-bond acceptors (Lipinski definition) is 0. The fourth-order valence-electron chi connectivity index (χ4n) is 3.52. The molecule has 0 spiro atoms. The molecule has 0 amide bonds. The van der Waals surface area contributed by atoms with E-state index in [9.17, 15) is 0 Å².